The highest BCUT2D eigenvalue weighted by molar-refractivity contribution is 9.10. The summed E-state index contributed by atoms with van der Waals surface area (Å²) in [6.07, 6.45) is 4.43. The number of nitro benzene ring substituents is 1. The molecule has 4 rings (SSSR count). The van der Waals surface area contributed by atoms with E-state index in [0.717, 1.165) is 15.7 Å². The predicted octanol–water partition coefficient (Wildman–Crippen LogP) is 5.51. The maximum Gasteiger partial charge on any atom is 0.276 e. The molecule has 0 unspecified atom stereocenters. The van der Waals surface area contributed by atoms with Gasteiger partial charge in [-0.25, -0.2) is 5.43 Å². The lowest BCUT2D eigenvalue weighted by atomic mass is 10.2. The minimum absolute atomic E-state index is 0.00709. The first-order valence-corrected chi connectivity index (χ1v) is 12.4. The average Bonchev–Trinajstić information content (AvgIpc) is 3.32. The Hall–Kier alpha value is -4.09. The van der Waals surface area contributed by atoms with E-state index in [2.05, 4.69) is 36.7 Å². The first kappa shape index (κ1) is 25.0. The summed E-state index contributed by atoms with van der Waals surface area (Å²) < 4.78 is 2.85. The number of thioether (sulfide) groups is 1. The number of hydrogen-bond donors (Lipinski definition) is 1. The number of hydrogen-bond acceptors (Lipinski definition) is 7. The Bertz CT molecular complexity index is 1420. The Kier molecular flexibility index (Phi) is 8.37. The van der Waals surface area contributed by atoms with Gasteiger partial charge in [0.2, 0.25) is 0 Å². The standard InChI is InChI=1S/C25H19BrN6O3S/c26-20-12-14-21(15-13-20)31-24(19-8-2-1-3-9-19)29-30-25(31)36-17-23(33)28-27-16-6-10-18-7-4-5-11-22(18)32(34)35/h1-16H,17H2,(H,28,33)/b10-6-,27-16+. The minimum atomic E-state index is -0.452. The van der Waals surface area contributed by atoms with Crippen LogP contribution >= 0.6 is 27.7 Å². The molecular formula is C25H19BrN6O3S. The Balaban J connectivity index is 1.42. The third-order valence-electron chi connectivity index (χ3n) is 4.84. The summed E-state index contributed by atoms with van der Waals surface area (Å²) in [6, 6.07) is 23.8. The topological polar surface area (TPSA) is 115 Å². The van der Waals surface area contributed by atoms with Crippen molar-refractivity contribution in [1.29, 1.82) is 0 Å². The number of halogens is 1. The summed E-state index contributed by atoms with van der Waals surface area (Å²) in [5, 5.41) is 24.2. The molecule has 0 saturated heterocycles. The molecule has 1 aromatic heterocycles. The van der Waals surface area contributed by atoms with E-state index in [4.69, 9.17) is 0 Å². The maximum atomic E-state index is 12.3. The molecule has 0 aliphatic rings. The summed E-state index contributed by atoms with van der Waals surface area (Å²) in [5.74, 6) is 0.398. The van der Waals surface area contributed by atoms with Crippen molar-refractivity contribution in [2.24, 2.45) is 5.10 Å². The Morgan fingerprint density at radius 2 is 1.78 bits per heavy atom. The van der Waals surface area contributed by atoms with Crippen molar-refractivity contribution in [3.8, 4) is 17.1 Å². The van der Waals surface area contributed by atoms with Gasteiger partial charge in [0.05, 0.1) is 16.2 Å². The van der Waals surface area contributed by atoms with Crippen LogP contribution in [0.15, 0.2) is 99.7 Å². The second-order valence-corrected chi connectivity index (χ2v) is 9.12. The SMILES string of the molecule is O=C(CSc1nnc(-c2ccccc2)n1-c1ccc(Br)cc1)N/N=C/C=C\c1ccccc1[N+](=O)[O-]. The Morgan fingerprint density at radius 1 is 1.06 bits per heavy atom. The van der Waals surface area contributed by atoms with Gasteiger partial charge in [-0.15, -0.1) is 10.2 Å². The van der Waals surface area contributed by atoms with Crippen molar-refractivity contribution in [2.45, 2.75) is 5.16 Å². The molecule has 1 amide bonds. The van der Waals surface area contributed by atoms with Gasteiger partial charge in [0, 0.05) is 28.0 Å². The summed E-state index contributed by atoms with van der Waals surface area (Å²) in [7, 11) is 0. The molecule has 3 aromatic carbocycles. The summed E-state index contributed by atoms with van der Waals surface area (Å²) >= 11 is 4.69. The number of nitro groups is 1. The van der Waals surface area contributed by atoms with Crippen molar-refractivity contribution in [3.63, 3.8) is 0 Å². The molecule has 1 heterocycles. The number of benzene rings is 3. The highest BCUT2D eigenvalue weighted by Crippen LogP contribution is 2.28. The first-order valence-electron chi connectivity index (χ1n) is 10.6. The third-order valence-corrected chi connectivity index (χ3v) is 6.30. The second-order valence-electron chi connectivity index (χ2n) is 7.26. The van der Waals surface area contributed by atoms with Crippen LogP contribution in [0.25, 0.3) is 23.2 Å². The molecule has 0 spiro atoms. The van der Waals surface area contributed by atoms with Gasteiger partial charge in [0.15, 0.2) is 11.0 Å². The zero-order valence-corrected chi connectivity index (χ0v) is 21.1. The van der Waals surface area contributed by atoms with Crippen molar-refractivity contribution in [1.82, 2.24) is 20.2 Å². The predicted molar refractivity (Wildman–Crippen MR) is 144 cm³/mol. The number of nitrogens with zero attached hydrogens (tertiary/aromatic N) is 5. The van der Waals surface area contributed by atoms with Gasteiger partial charge >= 0.3 is 0 Å². The number of hydrazone groups is 1. The molecule has 0 bridgehead atoms. The fourth-order valence-electron chi connectivity index (χ4n) is 3.22. The smallest absolute Gasteiger partial charge is 0.272 e. The number of rotatable bonds is 9. The summed E-state index contributed by atoms with van der Waals surface area (Å²) in [4.78, 5) is 23.0. The molecule has 0 radical (unpaired) electrons. The van der Waals surface area contributed by atoms with E-state index in [9.17, 15) is 14.9 Å². The normalized spacial score (nSPS) is 11.2. The van der Waals surface area contributed by atoms with Gasteiger partial charge in [0.1, 0.15) is 0 Å². The number of aromatic nitrogens is 3. The van der Waals surface area contributed by atoms with Gasteiger partial charge in [-0.2, -0.15) is 5.10 Å². The van der Waals surface area contributed by atoms with Crippen molar-refractivity contribution >= 4 is 51.6 Å². The Labute approximate surface area is 219 Å². The minimum Gasteiger partial charge on any atom is -0.272 e. The number of carbonyl (C=O) groups is 1. The highest BCUT2D eigenvalue weighted by Gasteiger charge is 2.17. The average molecular weight is 563 g/mol. The highest BCUT2D eigenvalue weighted by atomic mass is 79.9. The zero-order valence-electron chi connectivity index (χ0n) is 18.7. The fourth-order valence-corrected chi connectivity index (χ4v) is 4.23. The first-order chi connectivity index (χ1) is 17.5. The van der Waals surface area contributed by atoms with Gasteiger partial charge < -0.3 is 0 Å². The number of nitrogens with one attached hydrogen (secondary N) is 1. The van der Waals surface area contributed by atoms with Crippen LogP contribution in [0.5, 0.6) is 0 Å². The lowest BCUT2D eigenvalue weighted by Gasteiger charge is -2.10. The van der Waals surface area contributed by atoms with Crippen LogP contribution in [0.1, 0.15) is 5.56 Å². The monoisotopic (exact) mass is 562 g/mol. The number of para-hydroxylation sites is 1. The van der Waals surface area contributed by atoms with Crippen LogP contribution in [0.3, 0.4) is 0 Å². The quantitative estimate of drug-likeness (QED) is 0.124. The molecule has 0 atom stereocenters. The van der Waals surface area contributed by atoms with Gasteiger partial charge in [-0.1, -0.05) is 70.2 Å². The van der Waals surface area contributed by atoms with Crippen LogP contribution in [0.4, 0.5) is 5.69 Å². The molecule has 4 aromatic rings. The van der Waals surface area contributed by atoms with E-state index in [-0.39, 0.29) is 17.3 Å². The second kappa shape index (κ2) is 12.0. The van der Waals surface area contributed by atoms with Crippen LogP contribution in [-0.4, -0.2) is 37.6 Å². The summed E-state index contributed by atoms with van der Waals surface area (Å²) in [6.45, 7) is 0. The summed E-state index contributed by atoms with van der Waals surface area (Å²) in [5.41, 5.74) is 4.64. The van der Waals surface area contributed by atoms with E-state index in [1.807, 2.05) is 59.2 Å². The van der Waals surface area contributed by atoms with Crippen molar-refractivity contribution in [3.05, 3.63) is 105 Å². The molecular weight excluding hydrogens is 544 g/mol. The third kappa shape index (κ3) is 6.32. The van der Waals surface area contributed by atoms with Crippen LogP contribution in [-0.2, 0) is 4.79 Å². The lowest BCUT2D eigenvalue weighted by Crippen LogP contribution is -2.19. The molecule has 0 aliphatic carbocycles. The van der Waals surface area contributed by atoms with Crippen LogP contribution < -0.4 is 5.43 Å². The number of allylic oxidation sites excluding steroid dienone is 1. The van der Waals surface area contributed by atoms with Gasteiger partial charge in [0.25, 0.3) is 11.6 Å². The largest absolute Gasteiger partial charge is 0.276 e. The fraction of sp³-hybridized carbons (Fsp3) is 0.0400. The Morgan fingerprint density at radius 3 is 2.53 bits per heavy atom. The van der Waals surface area contributed by atoms with Crippen LogP contribution in [0, 0.1) is 10.1 Å². The molecule has 11 heteroatoms. The molecule has 1 N–H and O–H groups in total. The molecule has 0 fully saturated rings. The number of carbonyl (C=O) groups excluding carboxylic acids is 1. The van der Waals surface area contributed by atoms with Crippen LogP contribution in [0.2, 0.25) is 0 Å². The van der Waals surface area contributed by atoms with Gasteiger partial charge in [-0.3, -0.25) is 19.5 Å². The number of amides is 1. The molecule has 180 valence electrons. The lowest BCUT2D eigenvalue weighted by molar-refractivity contribution is -0.385. The molecule has 0 aliphatic heterocycles. The molecule has 36 heavy (non-hydrogen) atoms. The van der Waals surface area contributed by atoms with Crippen molar-refractivity contribution < 1.29 is 9.72 Å². The maximum absolute atomic E-state index is 12.3. The molecule has 9 nitrogen and oxygen atoms in total. The zero-order chi connectivity index (χ0) is 25.3. The van der Waals surface area contributed by atoms with E-state index in [0.29, 0.717) is 16.5 Å². The van der Waals surface area contributed by atoms with E-state index in [1.54, 1.807) is 24.3 Å². The van der Waals surface area contributed by atoms with Gasteiger partial charge in [-0.05, 0) is 42.5 Å². The van der Waals surface area contributed by atoms with E-state index in [1.165, 1.54) is 30.1 Å². The van der Waals surface area contributed by atoms with Crippen molar-refractivity contribution in [2.75, 3.05) is 5.75 Å². The van der Waals surface area contributed by atoms with E-state index >= 15 is 0 Å². The molecule has 0 saturated carbocycles. The van der Waals surface area contributed by atoms with E-state index < -0.39 is 4.92 Å².